The number of rotatable bonds is 5. The molecule has 1 aliphatic rings. The highest BCUT2D eigenvalue weighted by Gasteiger charge is 2.20. The van der Waals surface area contributed by atoms with E-state index in [2.05, 4.69) is 52.0 Å². The minimum Gasteiger partial charge on any atom is -0.295 e. The van der Waals surface area contributed by atoms with Gasteiger partial charge in [0.25, 0.3) is 0 Å². The third-order valence-corrected chi connectivity index (χ3v) is 4.29. The van der Waals surface area contributed by atoms with Crippen LogP contribution in [0.1, 0.15) is 43.2 Å². The molecule has 1 saturated carbocycles. The van der Waals surface area contributed by atoms with Crippen molar-refractivity contribution in [2.75, 3.05) is 11.9 Å². The summed E-state index contributed by atoms with van der Waals surface area (Å²) in [7, 11) is 0. The number of hydrogen-bond donors (Lipinski definition) is 0. The summed E-state index contributed by atoms with van der Waals surface area (Å²) in [4.78, 5) is 2.67. The van der Waals surface area contributed by atoms with Gasteiger partial charge in [0.05, 0.1) is 0 Å². The lowest BCUT2D eigenvalue weighted by Gasteiger charge is -2.34. The van der Waals surface area contributed by atoms with E-state index in [1.54, 1.807) is 0 Å². The lowest BCUT2D eigenvalue weighted by molar-refractivity contribution is 0.158. The van der Waals surface area contributed by atoms with Gasteiger partial charge in [-0.3, -0.25) is 4.90 Å². The predicted octanol–water partition coefficient (Wildman–Crippen LogP) is 4.52. The highest BCUT2D eigenvalue weighted by atomic mass is 79.9. The maximum atomic E-state index is 3.60. The van der Waals surface area contributed by atoms with Crippen molar-refractivity contribution >= 4 is 15.9 Å². The van der Waals surface area contributed by atoms with Crippen molar-refractivity contribution in [1.29, 1.82) is 0 Å². The molecule has 0 bridgehead atoms. The van der Waals surface area contributed by atoms with E-state index in [1.807, 2.05) is 0 Å². The summed E-state index contributed by atoms with van der Waals surface area (Å²) in [5, 5.41) is 1.08. The molecule has 0 unspecified atom stereocenters. The fourth-order valence-corrected chi connectivity index (χ4v) is 3.45. The SMILES string of the molecule is Cc1cccc(CN(CCBr)C2CCCCC2)c1. The van der Waals surface area contributed by atoms with Crippen LogP contribution in [0.15, 0.2) is 24.3 Å². The summed E-state index contributed by atoms with van der Waals surface area (Å²) in [6.07, 6.45) is 7.04. The Labute approximate surface area is 120 Å². The summed E-state index contributed by atoms with van der Waals surface area (Å²) in [5.41, 5.74) is 2.83. The standard InChI is InChI=1S/C16H24BrN/c1-14-6-5-7-15(12-14)13-18(11-10-17)16-8-3-2-4-9-16/h5-7,12,16H,2-4,8-11,13H2,1H3. The van der Waals surface area contributed by atoms with Gasteiger partial charge in [0, 0.05) is 24.5 Å². The van der Waals surface area contributed by atoms with Crippen LogP contribution in [-0.4, -0.2) is 22.8 Å². The van der Waals surface area contributed by atoms with Crippen LogP contribution in [0, 0.1) is 6.92 Å². The molecule has 1 nitrogen and oxygen atoms in total. The second kappa shape index (κ2) is 7.30. The maximum Gasteiger partial charge on any atom is 0.0237 e. The summed E-state index contributed by atoms with van der Waals surface area (Å²) >= 11 is 3.60. The molecule has 18 heavy (non-hydrogen) atoms. The molecular formula is C16H24BrN. The second-order valence-electron chi connectivity index (χ2n) is 5.44. The van der Waals surface area contributed by atoms with E-state index >= 15 is 0 Å². The van der Waals surface area contributed by atoms with Gasteiger partial charge in [0.1, 0.15) is 0 Å². The van der Waals surface area contributed by atoms with Gasteiger partial charge in [-0.05, 0) is 25.3 Å². The van der Waals surface area contributed by atoms with Gasteiger partial charge in [-0.2, -0.15) is 0 Å². The zero-order valence-electron chi connectivity index (χ0n) is 11.4. The van der Waals surface area contributed by atoms with Crippen molar-refractivity contribution in [2.45, 2.75) is 51.6 Å². The number of nitrogens with zero attached hydrogens (tertiary/aromatic N) is 1. The molecule has 2 rings (SSSR count). The molecule has 0 N–H and O–H groups in total. The van der Waals surface area contributed by atoms with Gasteiger partial charge in [0.15, 0.2) is 0 Å². The van der Waals surface area contributed by atoms with Crippen LogP contribution in [-0.2, 0) is 6.54 Å². The number of alkyl halides is 1. The monoisotopic (exact) mass is 309 g/mol. The molecule has 0 aliphatic heterocycles. The summed E-state index contributed by atoms with van der Waals surface area (Å²) in [6.45, 7) is 4.45. The molecule has 1 aliphatic carbocycles. The lowest BCUT2D eigenvalue weighted by atomic mass is 9.94. The molecule has 1 fully saturated rings. The molecule has 0 atom stereocenters. The third kappa shape index (κ3) is 4.10. The minimum absolute atomic E-state index is 0.803. The van der Waals surface area contributed by atoms with E-state index in [0.29, 0.717) is 0 Å². The van der Waals surface area contributed by atoms with E-state index in [9.17, 15) is 0 Å². The Morgan fingerprint density at radius 1 is 1.22 bits per heavy atom. The van der Waals surface area contributed by atoms with E-state index in [-0.39, 0.29) is 0 Å². The summed E-state index contributed by atoms with van der Waals surface area (Å²) in [5.74, 6) is 0. The molecule has 0 heterocycles. The van der Waals surface area contributed by atoms with E-state index in [1.165, 1.54) is 49.8 Å². The average Bonchev–Trinajstić information content (AvgIpc) is 2.39. The van der Waals surface area contributed by atoms with Gasteiger partial charge in [-0.25, -0.2) is 0 Å². The normalized spacial score (nSPS) is 17.3. The van der Waals surface area contributed by atoms with Crippen molar-refractivity contribution < 1.29 is 0 Å². The predicted molar refractivity (Wildman–Crippen MR) is 82.3 cm³/mol. The largest absolute Gasteiger partial charge is 0.295 e. The van der Waals surface area contributed by atoms with Crippen LogP contribution in [0.25, 0.3) is 0 Å². The topological polar surface area (TPSA) is 3.24 Å². The van der Waals surface area contributed by atoms with Crippen LogP contribution in [0.4, 0.5) is 0 Å². The molecule has 0 aromatic heterocycles. The van der Waals surface area contributed by atoms with Crippen LogP contribution in [0.3, 0.4) is 0 Å². The molecule has 0 spiro atoms. The number of halogens is 1. The zero-order valence-corrected chi connectivity index (χ0v) is 13.0. The first-order chi connectivity index (χ1) is 8.79. The average molecular weight is 310 g/mol. The molecule has 0 amide bonds. The quantitative estimate of drug-likeness (QED) is 0.723. The van der Waals surface area contributed by atoms with E-state index < -0.39 is 0 Å². The Kier molecular flexibility index (Phi) is 5.71. The highest BCUT2D eigenvalue weighted by molar-refractivity contribution is 9.09. The van der Waals surface area contributed by atoms with Crippen molar-refractivity contribution in [3.63, 3.8) is 0 Å². The maximum absolute atomic E-state index is 3.60. The van der Waals surface area contributed by atoms with Gasteiger partial charge in [-0.1, -0.05) is 65.0 Å². The molecule has 1 aromatic carbocycles. The van der Waals surface area contributed by atoms with Crippen molar-refractivity contribution in [3.05, 3.63) is 35.4 Å². The Morgan fingerprint density at radius 2 is 2.00 bits per heavy atom. The molecule has 1 aromatic rings. The van der Waals surface area contributed by atoms with Crippen LogP contribution in [0.2, 0.25) is 0 Å². The second-order valence-corrected chi connectivity index (χ2v) is 6.23. The molecule has 0 saturated heterocycles. The van der Waals surface area contributed by atoms with Gasteiger partial charge >= 0.3 is 0 Å². The van der Waals surface area contributed by atoms with Crippen molar-refractivity contribution in [3.8, 4) is 0 Å². The fourth-order valence-electron chi connectivity index (χ4n) is 2.99. The molecule has 0 radical (unpaired) electrons. The van der Waals surface area contributed by atoms with Crippen LogP contribution < -0.4 is 0 Å². The Balaban J connectivity index is 2.00. The summed E-state index contributed by atoms with van der Waals surface area (Å²) in [6, 6.07) is 9.74. The van der Waals surface area contributed by atoms with Gasteiger partial charge in [-0.15, -0.1) is 0 Å². The Bertz CT molecular complexity index is 358. The highest BCUT2D eigenvalue weighted by Crippen LogP contribution is 2.24. The Morgan fingerprint density at radius 3 is 2.67 bits per heavy atom. The number of aryl methyl sites for hydroxylation is 1. The first kappa shape index (κ1) is 14.1. The van der Waals surface area contributed by atoms with E-state index in [0.717, 1.165) is 17.9 Å². The minimum atomic E-state index is 0.803. The van der Waals surface area contributed by atoms with Crippen LogP contribution >= 0.6 is 15.9 Å². The molecule has 100 valence electrons. The van der Waals surface area contributed by atoms with Gasteiger partial charge in [0.2, 0.25) is 0 Å². The first-order valence-corrected chi connectivity index (χ1v) is 8.27. The number of hydrogen-bond acceptors (Lipinski definition) is 1. The van der Waals surface area contributed by atoms with Crippen molar-refractivity contribution in [1.82, 2.24) is 4.90 Å². The molecule has 2 heteroatoms. The third-order valence-electron chi connectivity index (χ3n) is 3.93. The fraction of sp³-hybridized carbons (Fsp3) is 0.625. The lowest BCUT2D eigenvalue weighted by Crippen LogP contribution is -2.37. The smallest absolute Gasteiger partial charge is 0.0237 e. The van der Waals surface area contributed by atoms with E-state index in [4.69, 9.17) is 0 Å². The Hall–Kier alpha value is -0.340. The molecular weight excluding hydrogens is 286 g/mol. The zero-order chi connectivity index (χ0) is 12.8. The van der Waals surface area contributed by atoms with Gasteiger partial charge < -0.3 is 0 Å². The van der Waals surface area contributed by atoms with Crippen molar-refractivity contribution in [2.24, 2.45) is 0 Å². The number of benzene rings is 1. The first-order valence-electron chi connectivity index (χ1n) is 7.15. The summed E-state index contributed by atoms with van der Waals surface area (Å²) < 4.78 is 0. The van der Waals surface area contributed by atoms with Crippen LogP contribution in [0.5, 0.6) is 0 Å².